The monoisotopic (exact) mass is 264 g/mol. The molecule has 0 amide bonds. The fourth-order valence-electron chi connectivity index (χ4n) is 1.35. The van der Waals surface area contributed by atoms with Crippen LogP contribution in [0.25, 0.3) is 0 Å². The summed E-state index contributed by atoms with van der Waals surface area (Å²) in [6.07, 6.45) is 2.72. The number of ether oxygens (including phenoxy) is 1. The van der Waals surface area contributed by atoms with Gasteiger partial charge in [0.1, 0.15) is 11.6 Å². The van der Waals surface area contributed by atoms with E-state index < -0.39 is 10.7 Å². The number of hydrogen-bond acceptors (Lipinski definition) is 6. The van der Waals surface area contributed by atoms with Crippen LogP contribution in [0.1, 0.15) is 0 Å². The molecule has 0 atom stereocenters. The van der Waals surface area contributed by atoms with Crippen LogP contribution < -0.4 is 10.1 Å². The average molecular weight is 264 g/mol. The van der Waals surface area contributed by atoms with Gasteiger partial charge in [0.05, 0.1) is 17.3 Å². The molecular formula is C11H9FN4O3. The minimum absolute atomic E-state index is 0.0283. The third-order valence-corrected chi connectivity index (χ3v) is 2.20. The number of nitro groups is 1. The fraction of sp³-hybridized carbons (Fsp3) is 0.0909. The molecule has 2 aromatic rings. The minimum Gasteiger partial charge on any atom is -0.430 e. The number of anilines is 1. The van der Waals surface area contributed by atoms with Crippen LogP contribution in [0.4, 0.5) is 15.9 Å². The molecule has 0 radical (unpaired) electrons. The third kappa shape index (κ3) is 2.92. The van der Waals surface area contributed by atoms with Crippen LogP contribution in [0.15, 0.2) is 30.6 Å². The zero-order chi connectivity index (χ0) is 13.8. The van der Waals surface area contributed by atoms with Crippen molar-refractivity contribution >= 4 is 11.5 Å². The lowest BCUT2D eigenvalue weighted by molar-refractivity contribution is -0.385. The highest BCUT2D eigenvalue weighted by Gasteiger charge is 2.17. The van der Waals surface area contributed by atoms with E-state index in [0.29, 0.717) is 5.82 Å². The molecule has 1 aromatic heterocycles. The van der Waals surface area contributed by atoms with Gasteiger partial charge >= 0.3 is 5.69 Å². The second kappa shape index (κ2) is 5.25. The summed E-state index contributed by atoms with van der Waals surface area (Å²) in [5.41, 5.74) is -0.349. The van der Waals surface area contributed by atoms with Crippen LogP contribution >= 0.6 is 0 Å². The van der Waals surface area contributed by atoms with Gasteiger partial charge in [0.15, 0.2) is 0 Å². The van der Waals surface area contributed by atoms with Gasteiger partial charge in [-0.25, -0.2) is 4.39 Å². The molecule has 1 aromatic carbocycles. The van der Waals surface area contributed by atoms with Crippen LogP contribution in [0.5, 0.6) is 11.6 Å². The lowest BCUT2D eigenvalue weighted by Gasteiger charge is -2.06. The fourth-order valence-corrected chi connectivity index (χ4v) is 1.35. The Balaban J connectivity index is 2.36. The molecule has 0 fully saturated rings. The van der Waals surface area contributed by atoms with Gasteiger partial charge in [-0.2, -0.15) is 4.98 Å². The summed E-state index contributed by atoms with van der Waals surface area (Å²) in [7, 11) is 1.64. The van der Waals surface area contributed by atoms with E-state index in [1.165, 1.54) is 12.4 Å². The van der Waals surface area contributed by atoms with Gasteiger partial charge in [0.2, 0.25) is 11.6 Å². The Kier molecular flexibility index (Phi) is 3.51. The molecule has 0 saturated carbocycles. The maximum absolute atomic E-state index is 13.1. The second-order valence-electron chi connectivity index (χ2n) is 3.46. The topological polar surface area (TPSA) is 90.2 Å². The van der Waals surface area contributed by atoms with Crippen LogP contribution in [-0.2, 0) is 0 Å². The summed E-state index contributed by atoms with van der Waals surface area (Å²) in [5.74, 6) is -0.414. The summed E-state index contributed by atoms with van der Waals surface area (Å²) in [6, 6.07) is 2.94. The largest absolute Gasteiger partial charge is 0.430 e. The molecule has 0 unspecified atom stereocenters. The molecule has 1 heterocycles. The first kappa shape index (κ1) is 12.7. The van der Waals surface area contributed by atoms with Crippen molar-refractivity contribution in [1.29, 1.82) is 0 Å². The van der Waals surface area contributed by atoms with Gasteiger partial charge in [-0.15, -0.1) is 0 Å². The SMILES string of the molecule is CNc1cncc(Oc2cc(F)ccc2[N+](=O)[O-])n1. The van der Waals surface area contributed by atoms with Gasteiger partial charge in [-0.1, -0.05) is 0 Å². The number of benzene rings is 1. The normalized spacial score (nSPS) is 10.0. The number of halogens is 1. The van der Waals surface area contributed by atoms with Crippen molar-refractivity contribution < 1.29 is 14.1 Å². The number of nitro benzene ring substituents is 1. The van der Waals surface area contributed by atoms with Crippen molar-refractivity contribution in [2.24, 2.45) is 0 Å². The van der Waals surface area contributed by atoms with Crippen LogP contribution in [-0.4, -0.2) is 21.9 Å². The quantitative estimate of drug-likeness (QED) is 0.673. The first-order chi connectivity index (χ1) is 9.10. The molecule has 8 heteroatoms. The van der Waals surface area contributed by atoms with Crippen molar-refractivity contribution in [3.8, 4) is 11.6 Å². The first-order valence-electron chi connectivity index (χ1n) is 5.21. The van der Waals surface area contributed by atoms with Gasteiger partial charge < -0.3 is 10.1 Å². The maximum atomic E-state index is 13.1. The van der Waals surface area contributed by atoms with Crippen LogP contribution in [0.3, 0.4) is 0 Å². The summed E-state index contributed by atoms with van der Waals surface area (Å²) in [4.78, 5) is 17.9. The lowest BCUT2D eigenvalue weighted by Crippen LogP contribution is -1.98. The predicted octanol–water partition coefficient (Wildman–Crippen LogP) is 2.36. The van der Waals surface area contributed by atoms with Gasteiger partial charge in [0.25, 0.3) is 0 Å². The molecule has 2 rings (SSSR count). The van der Waals surface area contributed by atoms with Crippen molar-refractivity contribution in [2.75, 3.05) is 12.4 Å². The van der Waals surface area contributed by atoms with Crippen molar-refractivity contribution in [3.05, 3.63) is 46.5 Å². The number of aromatic nitrogens is 2. The van der Waals surface area contributed by atoms with Gasteiger partial charge in [-0.3, -0.25) is 15.1 Å². The summed E-state index contributed by atoms with van der Waals surface area (Å²) in [5, 5.41) is 13.5. The smallest absolute Gasteiger partial charge is 0.311 e. The summed E-state index contributed by atoms with van der Waals surface area (Å²) < 4.78 is 18.3. The zero-order valence-corrected chi connectivity index (χ0v) is 9.83. The molecular weight excluding hydrogens is 255 g/mol. The van der Waals surface area contributed by atoms with Crippen LogP contribution in [0.2, 0.25) is 0 Å². The zero-order valence-electron chi connectivity index (χ0n) is 9.83. The molecule has 1 N–H and O–H groups in total. The summed E-state index contributed by atoms with van der Waals surface area (Å²) >= 11 is 0. The maximum Gasteiger partial charge on any atom is 0.311 e. The Labute approximate surface area is 107 Å². The van der Waals surface area contributed by atoms with Gasteiger partial charge in [0, 0.05) is 19.2 Å². The van der Waals surface area contributed by atoms with E-state index in [-0.39, 0.29) is 17.3 Å². The minimum atomic E-state index is -0.663. The van der Waals surface area contributed by atoms with Crippen molar-refractivity contribution in [2.45, 2.75) is 0 Å². The second-order valence-corrected chi connectivity index (χ2v) is 3.46. The highest BCUT2D eigenvalue weighted by molar-refractivity contribution is 5.48. The van der Waals surface area contributed by atoms with E-state index in [2.05, 4.69) is 15.3 Å². The van der Waals surface area contributed by atoms with Gasteiger partial charge in [-0.05, 0) is 6.07 Å². The number of nitrogens with zero attached hydrogens (tertiary/aromatic N) is 3. The molecule has 0 aliphatic carbocycles. The molecule has 7 nitrogen and oxygen atoms in total. The van der Waals surface area contributed by atoms with E-state index in [1.807, 2.05) is 0 Å². The van der Waals surface area contributed by atoms with E-state index in [4.69, 9.17) is 4.74 Å². The predicted molar refractivity (Wildman–Crippen MR) is 64.7 cm³/mol. The molecule has 19 heavy (non-hydrogen) atoms. The Hall–Kier alpha value is -2.77. The number of nitrogens with one attached hydrogen (secondary N) is 1. The molecule has 0 spiro atoms. The molecule has 98 valence electrons. The van der Waals surface area contributed by atoms with Crippen molar-refractivity contribution in [1.82, 2.24) is 9.97 Å². The van der Waals surface area contributed by atoms with E-state index in [9.17, 15) is 14.5 Å². The molecule has 0 aliphatic heterocycles. The number of rotatable bonds is 4. The Morgan fingerprint density at radius 2 is 2.21 bits per heavy atom. The molecule has 0 aliphatic rings. The van der Waals surface area contributed by atoms with E-state index in [0.717, 1.165) is 18.2 Å². The highest BCUT2D eigenvalue weighted by Crippen LogP contribution is 2.31. The number of hydrogen-bond donors (Lipinski definition) is 1. The summed E-state index contributed by atoms with van der Waals surface area (Å²) in [6.45, 7) is 0. The third-order valence-electron chi connectivity index (χ3n) is 2.20. The standard InChI is InChI=1S/C11H9FN4O3/c1-13-10-5-14-6-11(15-10)19-9-4-7(12)2-3-8(9)16(17)18/h2-6H,1H3,(H,13,15). The molecule has 0 bridgehead atoms. The Morgan fingerprint density at radius 1 is 1.42 bits per heavy atom. The molecule has 0 saturated heterocycles. The van der Waals surface area contributed by atoms with E-state index >= 15 is 0 Å². The first-order valence-corrected chi connectivity index (χ1v) is 5.21. The van der Waals surface area contributed by atoms with Crippen LogP contribution in [0, 0.1) is 15.9 Å². The lowest BCUT2D eigenvalue weighted by atomic mass is 10.3. The highest BCUT2D eigenvalue weighted by atomic mass is 19.1. The average Bonchev–Trinajstić information content (AvgIpc) is 2.38. The Morgan fingerprint density at radius 3 is 2.89 bits per heavy atom. The Bertz CT molecular complexity index is 621. The van der Waals surface area contributed by atoms with Crippen molar-refractivity contribution in [3.63, 3.8) is 0 Å². The van der Waals surface area contributed by atoms with E-state index in [1.54, 1.807) is 7.05 Å².